The van der Waals surface area contributed by atoms with Gasteiger partial charge in [0.05, 0.1) is 18.8 Å². The lowest BCUT2D eigenvalue weighted by atomic mass is 9.96. The number of hydrogen-bond donors (Lipinski definition) is 0. The largest absolute Gasteiger partial charge is 0.461 e. The van der Waals surface area contributed by atoms with Crippen LogP contribution in [0.15, 0.2) is 54.6 Å². The molecule has 0 saturated carbocycles. The molecule has 0 bridgehead atoms. The molecule has 0 aromatic heterocycles. The molecule has 1 fully saturated rings. The lowest BCUT2D eigenvalue weighted by Gasteiger charge is -2.39. The fourth-order valence-electron chi connectivity index (χ4n) is 3.79. The summed E-state index contributed by atoms with van der Waals surface area (Å²) in [4.78, 5) is 16.4. The molecular weight excluding hydrogens is 400 g/mol. The van der Waals surface area contributed by atoms with Crippen molar-refractivity contribution in [1.82, 2.24) is 9.80 Å². The first-order valence-electron chi connectivity index (χ1n) is 10.6. The third kappa shape index (κ3) is 6.81. The fourth-order valence-corrected chi connectivity index (χ4v) is 3.91. The van der Waals surface area contributed by atoms with Crippen LogP contribution in [0.1, 0.15) is 31.0 Å². The second kappa shape index (κ2) is 11.5. The molecule has 162 valence electrons. The van der Waals surface area contributed by atoms with Crippen molar-refractivity contribution in [1.29, 1.82) is 0 Å². The average Bonchev–Trinajstić information content (AvgIpc) is 2.74. The van der Waals surface area contributed by atoms with Crippen LogP contribution in [-0.4, -0.2) is 67.8 Å². The van der Waals surface area contributed by atoms with Gasteiger partial charge in [0.15, 0.2) is 0 Å². The zero-order chi connectivity index (χ0) is 21.3. The Bertz CT molecular complexity index is 775. The predicted molar refractivity (Wildman–Crippen MR) is 120 cm³/mol. The molecule has 0 aliphatic carbocycles. The maximum atomic E-state index is 11.5. The summed E-state index contributed by atoms with van der Waals surface area (Å²) in [6.45, 7) is 8.92. The molecule has 0 unspecified atom stereocenters. The first kappa shape index (κ1) is 22.8. The van der Waals surface area contributed by atoms with Gasteiger partial charge in [-0.3, -0.25) is 9.80 Å². The van der Waals surface area contributed by atoms with Crippen molar-refractivity contribution in [2.24, 2.45) is 0 Å². The summed E-state index contributed by atoms with van der Waals surface area (Å²) in [5, 5.41) is 0.757. The second-order valence-electron chi connectivity index (χ2n) is 7.83. The number of hydrogen-bond acceptors (Lipinski definition) is 5. The number of rotatable bonds is 9. The van der Waals surface area contributed by atoms with E-state index >= 15 is 0 Å². The molecule has 2 aromatic rings. The highest BCUT2D eigenvalue weighted by atomic mass is 35.5. The molecule has 1 saturated heterocycles. The van der Waals surface area contributed by atoms with Crippen molar-refractivity contribution in [2.75, 3.05) is 45.9 Å². The number of halogens is 1. The van der Waals surface area contributed by atoms with E-state index in [-0.39, 0.29) is 24.7 Å². The first-order chi connectivity index (χ1) is 14.5. The van der Waals surface area contributed by atoms with Crippen LogP contribution in [-0.2, 0) is 14.3 Å². The topological polar surface area (TPSA) is 42.0 Å². The van der Waals surface area contributed by atoms with Crippen molar-refractivity contribution in [3.05, 3.63) is 70.7 Å². The number of carbonyl (C=O) groups excluding carboxylic acids is 1. The van der Waals surface area contributed by atoms with Crippen molar-refractivity contribution in [2.45, 2.75) is 26.0 Å². The second-order valence-corrected chi connectivity index (χ2v) is 8.27. The standard InChI is InChI=1S/C24H31ClN2O3/c1-19(2)30-23(28)18-29-17-16-26-12-14-27(15-13-26)24(20-6-4-3-5-7-20)21-8-10-22(25)11-9-21/h3-11,19,24H,12-18H2,1-2H3/t24-/m1/s1. The highest BCUT2D eigenvalue weighted by Crippen LogP contribution is 2.30. The summed E-state index contributed by atoms with van der Waals surface area (Å²) in [7, 11) is 0. The Labute approximate surface area is 184 Å². The van der Waals surface area contributed by atoms with E-state index in [1.54, 1.807) is 0 Å². The van der Waals surface area contributed by atoms with E-state index in [2.05, 4.69) is 52.3 Å². The monoisotopic (exact) mass is 430 g/mol. The molecule has 0 amide bonds. The highest BCUT2D eigenvalue weighted by molar-refractivity contribution is 6.30. The summed E-state index contributed by atoms with van der Waals surface area (Å²) in [6.07, 6.45) is -0.104. The molecule has 1 aliphatic heterocycles. The van der Waals surface area contributed by atoms with E-state index in [0.717, 1.165) is 37.7 Å². The molecule has 6 heteroatoms. The normalized spacial score (nSPS) is 16.5. The van der Waals surface area contributed by atoms with Crippen LogP contribution in [0.25, 0.3) is 0 Å². The zero-order valence-electron chi connectivity index (χ0n) is 17.8. The maximum absolute atomic E-state index is 11.5. The number of piperazine rings is 1. The van der Waals surface area contributed by atoms with Crippen molar-refractivity contribution < 1.29 is 14.3 Å². The third-order valence-corrected chi connectivity index (χ3v) is 5.46. The van der Waals surface area contributed by atoms with Gasteiger partial charge in [-0.25, -0.2) is 4.79 Å². The van der Waals surface area contributed by atoms with Crippen LogP contribution in [0.2, 0.25) is 5.02 Å². The number of ether oxygens (including phenoxy) is 2. The summed E-state index contributed by atoms with van der Waals surface area (Å²) in [5.41, 5.74) is 2.55. The van der Waals surface area contributed by atoms with Gasteiger partial charge in [0.25, 0.3) is 0 Å². The Kier molecular flexibility index (Phi) is 8.70. The van der Waals surface area contributed by atoms with E-state index in [1.807, 2.05) is 26.0 Å². The molecule has 0 N–H and O–H groups in total. The van der Waals surface area contributed by atoms with Gasteiger partial charge in [0.1, 0.15) is 6.61 Å². The van der Waals surface area contributed by atoms with Gasteiger partial charge in [-0.05, 0) is 37.1 Å². The molecule has 1 aliphatic rings. The van der Waals surface area contributed by atoms with E-state index in [0.29, 0.717) is 6.61 Å². The van der Waals surface area contributed by atoms with E-state index in [4.69, 9.17) is 21.1 Å². The quantitative estimate of drug-likeness (QED) is 0.444. The maximum Gasteiger partial charge on any atom is 0.332 e. The van der Waals surface area contributed by atoms with Crippen molar-refractivity contribution in [3.8, 4) is 0 Å². The summed E-state index contributed by atoms with van der Waals surface area (Å²) in [5.74, 6) is -0.302. The Balaban J connectivity index is 1.52. The van der Waals surface area contributed by atoms with Gasteiger partial charge in [-0.2, -0.15) is 0 Å². The SMILES string of the molecule is CC(C)OC(=O)COCCN1CCN([C@H](c2ccccc2)c2ccc(Cl)cc2)CC1. The molecule has 1 heterocycles. The number of nitrogens with zero attached hydrogens (tertiary/aromatic N) is 2. The zero-order valence-corrected chi connectivity index (χ0v) is 18.6. The lowest BCUT2D eigenvalue weighted by molar-refractivity contribution is -0.152. The average molecular weight is 431 g/mol. The summed E-state index contributed by atoms with van der Waals surface area (Å²) < 4.78 is 10.6. The minimum Gasteiger partial charge on any atom is -0.461 e. The van der Waals surface area contributed by atoms with E-state index in [1.165, 1.54) is 11.1 Å². The van der Waals surface area contributed by atoms with Gasteiger partial charge in [-0.1, -0.05) is 54.1 Å². The van der Waals surface area contributed by atoms with Gasteiger partial charge in [0.2, 0.25) is 0 Å². The van der Waals surface area contributed by atoms with Gasteiger partial charge in [-0.15, -0.1) is 0 Å². The van der Waals surface area contributed by atoms with Gasteiger partial charge in [0, 0.05) is 37.7 Å². The van der Waals surface area contributed by atoms with Crippen LogP contribution in [0.5, 0.6) is 0 Å². The summed E-state index contributed by atoms with van der Waals surface area (Å²) >= 11 is 6.11. The van der Waals surface area contributed by atoms with Gasteiger partial charge < -0.3 is 9.47 Å². The Morgan fingerprint density at radius 1 is 0.967 bits per heavy atom. The number of benzene rings is 2. The smallest absolute Gasteiger partial charge is 0.332 e. The Hall–Kier alpha value is -1.92. The lowest BCUT2D eigenvalue weighted by Crippen LogP contribution is -2.48. The van der Waals surface area contributed by atoms with Crippen LogP contribution in [0.4, 0.5) is 0 Å². The molecule has 2 aromatic carbocycles. The van der Waals surface area contributed by atoms with E-state index in [9.17, 15) is 4.79 Å². The van der Waals surface area contributed by atoms with E-state index < -0.39 is 0 Å². The highest BCUT2D eigenvalue weighted by Gasteiger charge is 2.26. The van der Waals surface area contributed by atoms with Crippen LogP contribution < -0.4 is 0 Å². The molecule has 5 nitrogen and oxygen atoms in total. The Morgan fingerprint density at radius 3 is 2.23 bits per heavy atom. The Morgan fingerprint density at radius 2 is 1.60 bits per heavy atom. The fraction of sp³-hybridized carbons (Fsp3) is 0.458. The number of carbonyl (C=O) groups is 1. The number of esters is 1. The third-order valence-electron chi connectivity index (χ3n) is 5.21. The molecule has 30 heavy (non-hydrogen) atoms. The van der Waals surface area contributed by atoms with Crippen molar-refractivity contribution in [3.63, 3.8) is 0 Å². The minimum absolute atomic E-state index is 0.0186. The van der Waals surface area contributed by atoms with Crippen LogP contribution in [0.3, 0.4) is 0 Å². The molecule has 3 rings (SSSR count). The molecular formula is C24H31ClN2O3. The van der Waals surface area contributed by atoms with Crippen LogP contribution >= 0.6 is 11.6 Å². The minimum atomic E-state index is -0.302. The molecule has 0 radical (unpaired) electrons. The van der Waals surface area contributed by atoms with Gasteiger partial charge >= 0.3 is 5.97 Å². The van der Waals surface area contributed by atoms with Crippen LogP contribution in [0, 0.1) is 0 Å². The summed E-state index contributed by atoms with van der Waals surface area (Å²) in [6, 6.07) is 19.0. The first-order valence-corrected chi connectivity index (χ1v) is 10.9. The predicted octanol–water partition coefficient (Wildman–Crippen LogP) is 4.02. The molecule has 0 spiro atoms. The van der Waals surface area contributed by atoms with Crippen molar-refractivity contribution >= 4 is 17.6 Å². The molecule has 1 atom stereocenters.